The van der Waals surface area contributed by atoms with Crippen molar-refractivity contribution in [1.82, 2.24) is 5.32 Å². The Morgan fingerprint density at radius 1 is 1.07 bits per heavy atom. The van der Waals surface area contributed by atoms with Crippen molar-refractivity contribution in [1.29, 1.82) is 0 Å². The van der Waals surface area contributed by atoms with E-state index in [-0.39, 0.29) is 10.8 Å². The fourth-order valence-corrected chi connectivity index (χ4v) is 4.77. The maximum atomic E-state index is 12.1. The lowest BCUT2D eigenvalue weighted by molar-refractivity contribution is -0.136. The third-order valence-corrected chi connectivity index (χ3v) is 6.50. The van der Waals surface area contributed by atoms with Gasteiger partial charge in [0.1, 0.15) is 0 Å². The Bertz CT molecular complexity index is 980. The Morgan fingerprint density at radius 3 is 2.50 bits per heavy atom. The summed E-state index contributed by atoms with van der Waals surface area (Å²) >= 11 is 6.13. The molecule has 2 amide bonds. The minimum absolute atomic E-state index is 0.0593. The van der Waals surface area contributed by atoms with Gasteiger partial charge >= 0.3 is 11.8 Å². The molecule has 0 unspecified atom stereocenters. The third-order valence-electron chi connectivity index (χ3n) is 4.32. The number of carbonyl (C=O) groups is 2. The average Bonchev–Trinajstić information content (AvgIpc) is 3.03. The molecule has 1 heterocycles. The number of amides is 2. The Morgan fingerprint density at radius 2 is 1.82 bits per heavy atom. The molecule has 3 rings (SSSR count). The molecule has 148 valence electrons. The average molecular weight is 422 g/mol. The van der Waals surface area contributed by atoms with Gasteiger partial charge in [-0.05, 0) is 36.6 Å². The van der Waals surface area contributed by atoms with Gasteiger partial charge in [0.05, 0.1) is 16.5 Å². The van der Waals surface area contributed by atoms with Crippen LogP contribution in [0.3, 0.4) is 0 Å². The third kappa shape index (κ3) is 4.82. The number of sulfonamides is 1. The van der Waals surface area contributed by atoms with Crippen molar-refractivity contribution in [2.45, 2.75) is 12.8 Å². The van der Waals surface area contributed by atoms with E-state index >= 15 is 0 Å². The van der Waals surface area contributed by atoms with Crippen LogP contribution in [-0.4, -0.2) is 39.1 Å². The van der Waals surface area contributed by atoms with Crippen LogP contribution in [0.5, 0.6) is 0 Å². The molecule has 2 aromatic carbocycles. The monoisotopic (exact) mass is 421 g/mol. The van der Waals surface area contributed by atoms with E-state index in [2.05, 4.69) is 10.6 Å². The molecule has 1 saturated heterocycles. The zero-order chi connectivity index (χ0) is 20.1. The van der Waals surface area contributed by atoms with Gasteiger partial charge in [-0.3, -0.25) is 13.9 Å². The van der Waals surface area contributed by atoms with Crippen LogP contribution in [0.15, 0.2) is 48.5 Å². The lowest BCUT2D eigenvalue weighted by Crippen LogP contribution is -2.36. The van der Waals surface area contributed by atoms with Crippen molar-refractivity contribution in [3.05, 3.63) is 59.1 Å². The highest BCUT2D eigenvalue weighted by Crippen LogP contribution is 2.33. The van der Waals surface area contributed by atoms with E-state index in [1.54, 1.807) is 0 Å². The van der Waals surface area contributed by atoms with Gasteiger partial charge in [-0.2, -0.15) is 0 Å². The highest BCUT2D eigenvalue weighted by atomic mass is 35.5. The van der Waals surface area contributed by atoms with E-state index in [0.29, 0.717) is 37.3 Å². The maximum Gasteiger partial charge on any atom is 0.313 e. The van der Waals surface area contributed by atoms with Crippen LogP contribution in [0.2, 0.25) is 5.02 Å². The first-order valence-corrected chi connectivity index (χ1v) is 10.8. The molecule has 0 saturated carbocycles. The van der Waals surface area contributed by atoms with Crippen LogP contribution in [0.25, 0.3) is 0 Å². The van der Waals surface area contributed by atoms with Crippen LogP contribution in [0.1, 0.15) is 12.0 Å². The van der Waals surface area contributed by atoms with Gasteiger partial charge in [-0.1, -0.05) is 41.9 Å². The molecule has 0 radical (unpaired) electrons. The molecule has 28 heavy (non-hydrogen) atoms. The second-order valence-corrected chi connectivity index (χ2v) is 8.77. The SMILES string of the molecule is O=C(NCCc1ccccc1)C(=O)Nc1ccc(Cl)c(N2CCCS2(=O)=O)c1. The number of benzene rings is 2. The highest BCUT2D eigenvalue weighted by molar-refractivity contribution is 7.93. The smallest absolute Gasteiger partial charge is 0.313 e. The zero-order valence-electron chi connectivity index (χ0n) is 15.0. The number of halogens is 1. The van der Waals surface area contributed by atoms with E-state index < -0.39 is 21.8 Å². The molecule has 0 bridgehead atoms. The maximum absolute atomic E-state index is 12.1. The summed E-state index contributed by atoms with van der Waals surface area (Å²) in [4.78, 5) is 24.1. The summed E-state index contributed by atoms with van der Waals surface area (Å²) in [5.74, 6) is -1.53. The minimum atomic E-state index is -3.41. The molecule has 0 aliphatic carbocycles. The number of hydrogen-bond acceptors (Lipinski definition) is 4. The normalized spacial score (nSPS) is 15.2. The van der Waals surface area contributed by atoms with Gasteiger partial charge in [0, 0.05) is 18.8 Å². The first kappa shape index (κ1) is 20.2. The molecular formula is C19H20ClN3O4S. The van der Waals surface area contributed by atoms with Crippen LogP contribution < -0.4 is 14.9 Å². The lowest BCUT2D eigenvalue weighted by atomic mass is 10.1. The molecule has 1 fully saturated rings. The fraction of sp³-hybridized carbons (Fsp3) is 0.263. The second kappa shape index (κ2) is 8.62. The van der Waals surface area contributed by atoms with E-state index in [9.17, 15) is 18.0 Å². The molecular weight excluding hydrogens is 402 g/mol. The molecule has 1 aliphatic rings. The molecule has 2 aromatic rings. The number of rotatable bonds is 5. The first-order chi connectivity index (χ1) is 13.4. The predicted octanol–water partition coefficient (Wildman–Crippen LogP) is 2.18. The highest BCUT2D eigenvalue weighted by Gasteiger charge is 2.30. The van der Waals surface area contributed by atoms with E-state index in [1.165, 1.54) is 22.5 Å². The molecule has 0 atom stereocenters. The largest absolute Gasteiger partial charge is 0.347 e. The molecule has 0 aromatic heterocycles. The van der Waals surface area contributed by atoms with Crippen molar-refractivity contribution in [2.75, 3.05) is 28.5 Å². The fourth-order valence-electron chi connectivity index (χ4n) is 2.92. The second-order valence-electron chi connectivity index (χ2n) is 6.35. The summed E-state index contributed by atoms with van der Waals surface area (Å²) in [6.45, 7) is 0.660. The first-order valence-electron chi connectivity index (χ1n) is 8.80. The number of anilines is 2. The molecule has 9 heteroatoms. The van der Waals surface area contributed by atoms with Crippen LogP contribution in [0.4, 0.5) is 11.4 Å². The van der Waals surface area contributed by atoms with Crippen LogP contribution in [-0.2, 0) is 26.0 Å². The summed E-state index contributed by atoms with van der Waals surface area (Å²) < 4.78 is 25.4. The summed E-state index contributed by atoms with van der Waals surface area (Å²) in [5, 5.41) is 5.30. The minimum Gasteiger partial charge on any atom is -0.347 e. The van der Waals surface area contributed by atoms with E-state index in [1.807, 2.05) is 30.3 Å². The summed E-state index contributed by atoms with van der Waals surface area (Å²) in [6, 6.07) is 14.1. The Balaban J connectivity index is 1.60. The van der Waals surface area contributed by atoms with Crippen LogP contribution in [0, 0.1) is 0 Å². The van der Waals surface area contributed by atoms with E-state index in [0.717, 1.165) is 5.56 Å². The van der Waals surface area contributed by atoms with Gasteiger partial charge in [-0.25, -0.2) is 8.42 Å². The number of hydrogen-bond donors (Lipinski definition) is 2. The van der Waals surface area contributed by atoms with Crippen LogP contribution >= 0.6 is 11.6 Å². The van der Waals surface area contributed by atoms with Crippen molar-refractivity contribution in [2.24, 2.45) is 0 Å². The molecule has 2 N–H and O–H groups in total. The Labute approximate surface area is 168 Å². The molecule has 1 aliphatic heterocycles. The van der Waals surface area contributed by atoms with Crippen molar-refractivity contribution < 1.29 is 18.0 Å². The summed E-state index contributed by atoms with van der Waals surface area (Å²) in [5.41, 5.74) is 1.64. The van der Waals surface area contributed by atoms with Gasteiger partial charge in [0.25, 0.3) is 0 Å². The zero-order valence-corrected chi connectivity index (χ0v) is 16.6. The van der Waals surface area contributed by atoms with Gasteiger partial charge in [0.15, 0.2) is 0 Å². The molecule has 7 nitrogen and oxygen atoms in total. The topological polar surface area (TPSA) is 95.6 Å². The van der Waals surface area contributed by atoms with Crippen molar-refractivity contribution in [3.63, 3.8) is 0 Å². The quantitative estimate of drug-likeness (QED) is 0.723. The summed E-state index contributed by atoms with van der Waals surface area (Å²) in [7, 11) is -3.41. The van der Waals surface area contributed by atoms with Gasteiger partial charge in [0.2, 0.25) is 10.0 Å². The summed E-state index contributed by atoms with van der Waals surface area (Å²) in [6.07, 6.45) is 1.12. The molecule has 0 spiro atoms. The number of nitrogens with one attached hydrogen (secondary N) is 2. The van der Waals surface area contributed by atoms with E-state index in [4.69, 9.17) is 11.6 Å². The standard InChI is InChI=1S/C19H20ClN3O4S/c20-16-8-7-15(13-17(16)23-11-4-12-28(23,26)27)22-19(25)18(24)21-10-9-14-5-2-1-3-6-14/h1-3,5-8,13H,4,9-12H2,(H,21,24)(H,22,25). The van der Waals surface area contributed by atoms with Crippen molar-refractivity contribution >= 4 is 44.8 Å². The van der Waals surface area contributed by atoms with Gasteiger partial charge < -0.3 is 10.6 Å². The number of carbonyl (C=O) groups excluding carboxylic acids is 2. The Kier molecular flexibility index (Phi) is 6.21. The lowest BCUT2D eigenvalue weighted by Gasteiger charge is -2.19. The predicted molar refractivity (Wildman–Crippen MR) is 109 cm³/mol. The van der Waals surface area contributed by atoms with Gasteiger partial charge in [-0.15, -0.1) is 0 Å². The van der Waals surface area contributed by atoms with Crippen molar-refractivity contribution in [3.8, 4) is 0 Å². The number of nitrogens with zero attached hydrogens (tertiary/aromatic N) is 1. The Hall–Kier alpha value is -2.58.